The van der Waals surface area contributed by atoms with Crippen LogP contribution in [0.5, 0.6) is 0 Å². The number of sulfonamides is 1. The Bertz CT molecular complexity index is 604. The SMILES string of the molecule is Cc1ccc(S(=O)(=O)N2C[C@H]3CCCC=C[C@H]3C2)cc1. The van der Waals surface area contributed by atoms with Gasteiger partial charge in [0.05, 0.1) is 4.90 Å². The molecule has 1 aromatic rings. The minimum absolute atomic E-state index is 0.401. The molecule has 0 saturated carbocycles. The monoisotopic (exact) mass is 291 g/mol. The van der Waals surface area contributed by atoms with Gasteiger partial charge in [0.25, 0.3) is 0 Å². The second-order valence-corrected chi connectivity index (χ2v) is 7.86. The summed E-state index contributed by atoms with van der Waals surface area (Å²) in [5, 5.41) is 0. The Morgan fingerprint density at radius 1 is 1.15 bits per heavy atom. The van der Waals surface area contributed by atoms with Crippen LogP contribution in [0, 0.1) is 18.8 Å². The molecule has 1 heterocycles. The van der Waals surface area contributed by atoms with Gasteiger partial charge in [0.2, 0.25) is 10.0 Å². The lowest BCUT2D eigenvalue weighted by molar-refractivity contribution is 0.434. The van der Waals surface area contributed by atoms with Gasteiger partial charge in [-0.15, -0.1) is 0 Å². The van der Waals surface area contributed by atoms with Crippen molar-refractivity contribution in [3.63, 3.8) is 0 Å². The molecule has 0 N–H and O–H groups in total. The van der Waals surface area contributed by atoms with Gasteiger partial charge in [-0.1, -0.05) is 29.8 Å². The van der Waals surface area contributed by atoms with Crippen molar-refractivity contribution in [1.82, 2.24) is 4.31 Å². The van der Waals surface area contributed by atoms with Gasteiger partial charge in [0, 0.05) is 13.1 Å². The van der Waals surface area contributed by atoms with Crippen LogP contribution >= 0.6 is 0 Å². The summed E-state index contributed by atoms with van der Waals surface area (Å²) in [6.45, 7) is 3.28. The van der Waals surface area contributed by atoms with Crippen molar-refractivity contribution < 1.29 is 8.42 Å². The van der Waals surface area contributed by atoms with E-state index < -0.39 is 10.0 Å². The van der Waals surface area contributed by atoms with Crippen LogP contribution in [0.1, 0.15) is 24.8 Å². The Balaban J connectivity index is 1.84. The summed E-state index contributed by atoms with van der Waals surface area (Å²) < 4.78 is 27.0. The molecule has 1 aliphatic carbocycles. The van der Waals surface area contributed by atoms with Gasteiger partial charge in [-0.3, -0.25) is 0 Å². The molecule has 1 aliphatic heterocycles. The number of fused-ring (bicyclic) bond motifs is 1. The van der Waals surface area contributed by atoms with Crippen molar-refractivity contribution in [1.29, 1.82) is 0 Å². The van der Waals surface area contributed by atoms with Gasteiger partial charge in [0.1, 0.15) is 0 Å². The lowest BCUT2D eigenvalue weighted by Gasteiger charge is -2.16. The number of allylic oxidation sites excluding steroid dienone is 1. The van der Waals surface area contributed by atoms with Crippen molar-refractivity contribution in [3.05, 3.63) is 42.0 Å². The van der Waals surface area contributed by atoms with Gasteiger partial charge in [-0.25, -0.2) is 8.42 Å². The highest BCUT2D eigenvalue weighted by Gasteiger charge is 2.38. The average molecular weight is 291 g/mol. The Morgan fingerprint density at radius 2 is 1.90 bits per heavy atom. The van der Waals surface area contributed by atoms with E-state index in [1.807, 2.05) is 19.1 Å². The maximum absolute atomic E-state index is 12.7. The van der Waals surface area contributed by atoms with Crippen molar-refractivity contribution in [2.45, 2.75) is 31.1 Å². The fraction of sp³-hybridized carbons (Fsp3) is 0.500. The summed E-state index contributed by atoms with van der Waals surface area (Å²) in [7, 11) is -3.33. The minimum atomic E-state index is -3.33. The van der Waals surface area contributed by atoms with Crippen molar-refractivity contribution in [2.24, 2.45) is 11.8 Å². The van der Waals surface area contributed by atoms with E-state index in [4.69, 9.17) is 0 Å². The second-order valence-electron chi connectivity index (χ2n) is 5.92. The first-order valence-corrected chi connectivity index (χ1v) is 8.75. The van der Waals surface area contributed by atoms with Crippen LogP contribution in [0.3, 0.4) is 0 Å². The highest BCUT2D eigenvalue weighted by Crippen LogP contribution is 2.34. The molecule has 0 unspecified atom stereocenters. The topological polar surface area (TPSA) is 37.4 Å². The molecule has 0 radical (unpaired) electrons. The predicted octanol–water partition coefficient (Wildman–Crippen LogP) is 2.97. The predicted molar refractivity (Wildman–Crippen MR) is 79.9 cm³/mol. The molecule has 0 bridgehead atoms. The van der Waals surface area contributed by atoms with Crippen molar-refractivity contribution >= 4 is 10.0 Å². The maximum Gasteiger partial charge on any atom is 0.243 e. The lowest BCUT2D eigenvalue weighted by atomic mass is 9.93. The van der Waals surface area contributed by atoms with Crippen LogP contribution in [0.25, 0.3) is 0 Å². The molecule has 0 spiro atoms. The molecule has 1 fully saturated rings. The minimum Gasteiger partial charge on any atom is -0.207 e. The third-order valence-electron chi connectivity index (χ3n) is 4.45. The summed E-state index contributed by atoms with van der Waals surface area (Å²) in [4.78, 5) is 0.420. The van der Waals surface area contributed by atoms with Crippen LogP contribution in [-0.2, 0) is 10.0 Å². The maximum atomic E-state index is 12.7. The van der Waals surface area contributed by atoms with E-state index in [9.17, 15) is 8.42 Å². The molecule has 20 heavy (non-hydrogen) atoms. The van der Waals surface area contributed by atoms with Gasteiger partial charge < -0.3 is 0 Å². The molecule has 2 aliphatic rings. The third-order valence-corrected chi connectivity index (χ3v) is 6.29. The van der Waals surface area contributed by atoms with Crippen LogP contribution in [-0.4, -0.2) is 25.8 Å². The highest BCUT2D eigenvalue weighted by molar-refractivity contribution is 7.89. The van der Waals surface area contributed by atoms with E-state index in [0.717, 1.165) is 18.4 Å². The number of hydrogen-bond acceptors (Lipinski definition) is 2. The van der Waals surface area contributed by atoms with Crippen molar-refractivity contribution in [3.8, 4) is 0 Å². The van der Waals surface area contributed by atoms with E-state index in [2.05, 4.69) is 12.2 Å². The first-order valence-electron chi connectivity index (χ1n) is 7.31. The Labute approximate surface area is 121 Å². The number of nitrogens with zero attached hydrogens (tertiary/aromatic N) is 1. The molecule has 1 aromatic carbocycles. The Morgan fingerprint density at radius 3 is 2.65 bits per heavy atom. The fourth-order valence-electron chi connectivity index (χ4n) is 3.20. The number of rotatable bonds is 2. The molecular weight excluding hydrogens is 270 g/mol. The average Bonchev–Trinajstić information content (AvgIpc) is 2.72. The highest BCUT2D eigenvalue weighted by atomic mass is 32.2. The zero-order valence-electron chi connectivity index (χ0n) is 11.8. The number of aryl methyl sites for hydroxylation is 1. The van der Waals surface area contributed by atoms with Crippen LogP contribution in [0.2, 0.25) is 0 Å². The van der Waals surface area contributed by atoms with E-state index >= 15 is 0 Å². The zero-order valence-corrected chi connectivity index (χ0v) is 12.6. The fourth-order valence-corrected chi connectivity index (χ4v) is 4.74. The summed E-state index contributed by atoms with van der Waals surface area (Å²) in [6, 6.07) is 7.16. The summed E-state index contributed by atoms with van der Waals surface area (Å²) in [5.74, 6) is 0.895. The molecule has 0 amide bonds. The summed E-state index contributed by atoms with van der Waals surface area (Å²) in [5.41, 5.74) is 1.08. The zero-order chi connectivity index (χ0) is 14.2. The smallest absolute Gasteiger partial charge is 0.207 e. The summed E-state index contributed by atoms with van der Waals surface area (Å²) in [6.07, 6.45) is 7.89. The standard InChI is InChI=1S/C16H21NO2S/c1-13-7-9-16(10-8-13)20(18,19)17-11-14-5-3-2-4-6-15(14)12-17/h3,5,7-10,14-15H,2,4,6,11-12H2,1H3/t14-,15+/m0/s1. The molecular formula is C16H21NO2S. The largest absolute Gasteiger partial charge is 0.243 e. The number of benzene rings is 1. The quantitative estimate of drug-likeness (QED) is 0.786. The van der Waals surface area contributed by atoms with Gasteiger partial charge in [0.15, 0.2) is 0 Å². The molecule has 4 heteroatoms. The van der Waals surface area contributed by atoms with E-state index in [-0.39, 0.29) is 0 Å². The lowest BCUT2D eigenvalue weighted by Crippen LogP contribution is -2.29. The first kappa shape index (κ1) is 13.8. The third kappa shape index (κ3) is 2.54. The van der Waals surface area contributed by atoms with E-state index in [1.54, 1.807) is 16.4 Å². The molecule has 3 nitrogen and oxygen atoms in total. The van der Waals surface area contributed by atoms with Gasteiger partial charge >= 0.3 is 0 Å². The number of hydrogen-bond donors (Lipinski definition) is 0. The normalized spacial score (nSPS) is 27.2. The second kappa shape index (κ2) is 5.34. The van der Waals surface area contributed by atoms with Gasteiger partial charge in [-0.2, -0.15) is 4.31 Å². The first-order chi connectivity index (χ1) is 9.57. The van der Waals surface area contributed by atoms with Crippen LogP contribution in [0.15, 0.2) is 41.3 Å². The molecule has 2 atom stereocenters. The molecule has 1 saturated heterocycles. The van der Waals surface area contributed by atoms with E-state index in [0.29, 0.717) is 29.8 Å². The Hall–Kier alpha value is -1.13. The molecule has 108 valence electrons. The summed E-state index contributed by atoms with van der Waals surface area (Å²) >= 11 is 0. The molecule has 3 rings (SSSR count). The van der Waals surface area contributed by atoms with Gasteiger partial charge in [-0.05, 0) is 50.2 Å². The van der Waals surface area contributed by atoms with Crippen molar-refractivity contribution in [2.75, 3.05) is 13.1 Å². The molecule has 0 aromatic heterocycles. The Kier molecular flexibility index (Phi) is 3.69. The van der Waals surface area contributed by atoms with Crippen LogP contribution in [0.4, 0.5) is 0 Å². The van der Waals surface area contributed by atoms with Crippen LogP contribution < -0.4 is 0 Å². The van der Waals surface area contributed by atoms with E-state index in [1.165, 1.54) is 6.42 Å².